The van der Waals surface area contributed by atoms with Crippen molar-refractivity contribution < 1.29 is 4.42 Å². The first-order chi connectivity index (χ1) is 22.8. The molecule has 10 aromatic rings. The lowest BCUT2D eigenvalue weighted by atomic mass is 9.96. The van der Waals surface area contributed by atoms with Crippen LogP contribution in [0.4, 0.5) is 0 Å². The second kappa shape index (κ2) is 9.65. The van der Waals surface area contributed by atoms with Gasteiger partial charge in [-0.25, -0.2) is 4.98 Å². The molecule has 3 nitrogen and oxygen atoms in total. The Morgan fingerprint density at radius 3 is 2.07 bits per heavy atom. The van der Waals surface area contributed by atoms with Gasteiger partial charge in [-0.1, -0.05) is 121 Å². The maximum Gasteiger partial charge on any atom is 0.145 e. The summed E-state index contributed by atoms with van der Waals surface area (Å²) in [4.78, 5) is 5.05. The van der Waals surface area contributed by atoms with Crippen molar-refractivity contribution in [2.45, 2.75) is 0 Å². The SMILES string of the molecule is c1ccc(-c2cc(-c3cccc4c3oc3c4ccc4c3c3ccccc3n4-c3cccc4ccccc34)c3ccccc3n2)cc1. The van der Waals surface area contributed by atoms with Crippen LogP contribution in [0.25, 0.3) is 93.5 Å². The molecule has 46 heavy (non-hydrogen) atoms. The van der Waals surface area contributed by atoms with E-state index in [2.05, 4.69) is 156 Å². The lowest BCUT2D eigenvalue weighted by Gasteiger charge is -2.11. The molecule has 7 aromatic carbocycles. The molecular formula is C43H26N2O. The molecule has 0 aliphatic carbocycles. The summed E-state index contributed by atoms with van der Waals surface area (Å²) >= 11 is 0. The maximum atomic E-state index is 7.06. The van der Waals surface area contributed by atoms with Crippen LogP contribution >= 0.6 is 0 Å². The fraction of sp³-hybridized carbons (Fsp3) is 0. The number of fused-ring (bicyclic) bond motifs is 9. The normalized spacial score (nSPS) is 11.9. The minimum atomic E-state index is 0.891. The number of aromatic nitrogens is 2. The molecule has 0 saturated carbocycles. The van der Waals surface area contributed by atoms with Crippen LogP contribution in [0.15, 0.2) is 162 Å². The van der Waals surface area contributed by atoms with E-state index in [1.54, 1.807) is 0 Å². The highest BCUT2D eigenvalue weighted by Crippen LogP contribution is 2.44. The average molecular weight is 587 g/mol. The Kier molecular flexibility index (Phi) is 5.28. The highest BCUT2D eigenvalue weighted by molar-refractivity contribution is 6.25. The van der Waals surface area contributed by atoms with Gasteiger partial charge < -0.3 is 8.98 Å². The second-order valence-electron chi connectivity index (χ2n) is 11.9. The molecule has 0 radical (unpaired) electrons. The maximum absolute atomic E-state index is 7.06. The molecule has 0 bridgehead atoms. The molecule has 3 heterocycles. The highest BCUT2D eigenvalue weighted by Gasteiger charge is 2.21. The average Bonchev–Trinajstić information content (AvgIpc) is 3.67. The summed E-state index contributed by atoms with van der Waals surface area (Å²) < 4.78 is 9.45. The summed E-state index contributed by atoms with van der Waals surface area (Å²) in [6.07, 6.45) is 0. The molecule has 0 fully saturated rings. The van der Waals surface area contributed by atoms with Crippen LogP contribution in [-0.2, 0) is 0 Å². The number of furan rings is 1. The molecule has 0 saturated heterocycles. The molecule has 0 spiro atoms. The lowest BCUT2D eigenvalue weighted by molar-refractivity contribution is 0.674. The molecule has 214 valence electrons. The van der Waals surface area contributed by atoms with Crippen molar-refractivity contribution in [2.75, 3.05) is 0 Å². The topological polar surface area (TPSA) is 31.0 Å². The highest BCUT2D eigenvalue weighted by atomic mass is 16.3. The number of para-hydroxylation sites is 3. The second-order valence-corrected chi connectivity index (χ2v) is 11.9. The molecule has 3 heteroatoms. The van der Waals surface area contributed by atoms with E-state index in [1.165, 1.54) is 16.2 Å². The Morgan fingerprint density at radius 1 is 0.457 bits per heavy atom. The van der Waals surface area contributed by atoms with Gasteiger partial charge in [-0.3, -0.25) is 0 Å². The monoisotopic (exact) mass is 586 g/mol. The third kappa shape index (κ3) is 3.57. The van der Waals surface area contributed by atoms with Crippen LogP contribution < -0.4 is 0 Å². The molecule has 3 aromatic heterocycles. The van der Waals surface area contributed by atoms with Gasteiger partial charge >= 0.3 is 0 Å². The fourth-order valence-corrected chi connectivity index (χ4v) is 7.34. The summed E-state index contributed by atoms with van der Waals surface area (Å²) in [7, 11) is 0. The minimum absolute atomic E-state index is 0.891. The van der Waals surface area contributed by atoms with Crippen molar-refractivity contribution in [2.24, 2.45) is 0 Å². The van der Waals surface area contributed by atoms with Crippen LogP contribution in [0, 0.1) is 0 Å². The van der Waals surface area contributed by atoms with E-state index in [0.717, 1.165) is 77.3 Å². The van der Waals surface area contributed by atoms with Crippen LogP contribution in [0.5, 0.6) is 0 Å². The van der Waals surface area contributed by atoms with E-state index < -0.39 is 0 Å². The number of hydrogen-bond donors (Lipinski definition) is 0. The van der Waals surface area contributed by atoms with Crippen molar-refractivity contribution >= 4 is 65.4 Å². The van der Waals surface area contributed by atoms with E-state index in [9.17, 15) is 0 Å². The predicted octanol–water partition coefficient (Wildman–Crippen LogP) is 11.7. The first-order valence-corrected chi connectivity index (χ1v) is 15.6. The van der Waals surface area contributed by atoms with Gasteiger partial charge in [-0.05, 0) is 47.3 Å². The van der Waals surface area contributed by atoms with Gasteiger partial charge in [0.05, 0.1) is 33.3 Å². The predicted molar refractivity (Wildman–Crippen MR) is 192 cm³/mol. The standard InChI is InChI=1S/C43H26N2O/c1-2-13-28(14-3-1)37-26-35(30-17-6-8-21-36(30)44-37)32-20-11-19-31-33-24-25-40-41(43(33)46-42(31)32)34-18-7-9-22-39(34)45(40)38-23-10-15-27-12-4-5-16-29(27)38/h1-26H. The lowest BCUT2D eigenvalue weighted by Crippen LogP contribution is -1.94. The number of pyridine rings is 1. The van der Waals surface area contributed by atoms with Crippen LogP contribution in [0.2, 0.25) is 0 Å². The molecule has 0 N–H and O–H groups in total. The summed E-state index contributed by atoms with van der Waals surface area (Å²) in [5, 5.41) is 8.08. The molecule has 10 rings (SSSR count). The van der Waals surface area contributed by atoms with Gasteiger partial charge in [0.1, 0.15) is 11.2 Å². The van der Waals surface area contributed by atoms with Crippen molar-refractivity contribution in [1.29, 1.82) is 0 Å². The zero-order valence-electron chi connectivity index (χ0n) is 24.8. The van der Waals surface area contributed by atoms with E-state index in [-0.39, 0.29) is 0 Å². The summed E-state index contributed by atoms with van der Waals surface area (Å²) in [6, 6.07) is 55.8. The third-order valence-corrected chi connectivity index (χ3v) is 9.38. The van der Waals surface area contributed by atoms with Crippen molar-refractivity contribution in [3.63, 3.8) is 0 Å². The van der Waals surface area contributed by atoms with Gasteiger partial charge in [-0.15, -0.1) is 0 Å². The van der Waals surface area contributed by atoms with Crippen molar-refractivity contribution in [3.05, 3.63) is 158 Å². The zero-order valence-corrected chi connectivity index (χ0v) is 24.8. The van der Waals surface area contributed by atoms with E-state index >= 15 is 0 Å². The van der Waals surface area contributed by atoms with Gasteiger partial charge in [-0.2, -0.15) is 0 Å². The van der Waals surface area contributed by atoms with E-state index in [1.807, 2.05) is 6.07 Å². The third-order valence-electron chi connectivity index (χ3n) is 9.38. The Labute approximate surface area is 264 Å². The Hall–Kier alpha value is -6.19. The van der Waals surface area contributed by atoms with Gasteiger partial charge in [0.2, 0.25) is 0 Å². The molecule has 0 atom stereocenters. The van der Waals surface area contributed by atoms with Crippen LogP contribution in [-0.4, -0.2) is 9.55 Å². The molecule has 0 unspecified atom stereocenters. The Bertz CT molecular complexity index is 2800. The van der Waals surface area contributed by atoms with E-state index in [0.29, 0.717) is 0 Å². The smallest absolute Gasteiger partial charge is 0.145 e. The first kappa shape index (κ1) is 25.2. The number of benzene rings is 7. The number of nitrogens with zero attached hydrogens (tertiary/aromatic N) is 2. The zero-order chi connectivity index (χ0) is 30.2. The summed E-state index contributed by atoms with van der Waals surface area (Å²) in [6.45, 7) is 0. The molecule has 0 aliphatic rings. The molecular weight excluding hydrogens is 560 g/mol. The summed E-state index contributed by atoms with van der Waals surface area (Å²) in [5.41, 5.74) is 10.4. The Morgan fingerprint density at radius 2 is 1.15 bits per heavy atom. The molecule has 0 aliphatic heterocycles. The number of hydrogen-bond acceptors (Lipinski definition) is 2. The molecule has 0 amide bonds. The van der Waals surface area contributed by atoms with E-state index in [4.69, 9.17) is 9.40 Å². The van der Waals surface area contributed by atoms with Gasteiger partial charge in [0, 0.05) is 38.1 Å². The van der Waals surface area contributed by atoms with Crippen LogP contribution in [0.1, 0.15) is 0 Å². The van der Waals surface area contributed by atoms with Crippen LogP contribution in [0.3, 0.4) is 0 Å². The Balaban J connectivity index is 1.30. The van der Waals surface area contributed by atoms with Crippen molar-refractivity contribution in [3.8, 4) is 28.1 Å². The summed E-state index contributed by atoms with van der Waals surface area (Å²) in [5.74, 6) is 0. The van der Waals surface area contributed by atoms with Gasteiger partial charge in [0.25, 0.3) is 0 Å². The van der Waals surface area contributed by atoms with Gasteiger partial charge in [0.15, 0.2) is 0 Å². The largest absolute Gasteiger partial charge is 0.455 e. The van der Waals surface area contributed by atoms with Crippen molar-refractivity contribution in [1.82, 2.24) is 9.55 Å². The first-order valence-electron chi connectivity index (χ1n) is 15.6. The quantitative estimate of drug-likeness (QED) is 0.206. The number of rotatable bonds is 3. The fourth-order valence-electron chi connectivity index (χ4n) is 7.34. The minimum Gasteiger partial charge on any atom is -0.455 e.